The second-order valence-electron chi connectivity index (χ2n) is 5.47. The molecule has 1 aliphatic heterocycles. The van der Waals surface area contributed by atoms with Crippen LogP contribution in [0, 0.1) is 19.3 Å². The van der Waals surface area contributed by atoms with Gasteiger partial charge in [-0.15, -0.1) is 11.6 Å². The highest BCUT2D eigenvalue weighted by atomic mass is 35.5. The maximum absolute atomic E-state index is 6.23. The number of methoxy groups -OCH3 is 1. The van der Waals surface area contributed by atoms with Gasteiger partial charge in [0.2, 0.25) is 0 Å². The van der Waals surface area contributed by atoms with Crippen LogP contribution in [0.5, 0.6) is 5.75 Å². The second-order valence-corrected chi connectivity index (χ2v) is 5.74. The van der Waals surface area contributed by atoms with Gasteiger partial charge in [0.1, 0.15) is 5.75 Å². The van der Waals surface area contributed by atoms with Gasteiger partial charge in [0.05, 0.1) is 7.11 Å². The zero-order valence-electron chi connectivity index (χ0n) is 12.0. The van der Waals surface area contributed by atoms with Gasteiger partial charge in [0.15, 0.2) is 0 Å². The monoisotopic (exact) mass is 283 g/mol. The fraction of sp³-hybridized carbons (Fsp3) is 0.667. The van der Waals surface area contributed by atoms with Crippen molar-refractivity contribution >= 4 is 11.6 Å². The number of alkyl halides is 1. The minimum atomic E-state index is 0.123. The number of rotatable bonds is 4. The quantitative estimate of drug-likeness (QED) is 0.795. The van der Waals surface area contributed by atoms with Crippen molar-refractivity contribution in [3.05, 3.63) is 23.0 Å². The first-order valence-electron chi connectivity index (χ1n) is 6.75. The molecule has 0 spiro atoms. The Bertz CT molecular complexity index is 442. The van der Waals surface area contributed by atoms with Crippen LogP contribution >= 0.6 is 11.6 Å². The fourth-order valence-corrected chi connectivity index (χ4v) is 3.13. The van der Waals surface area contributed by atoms with E-state index in [1.54, 1.807) is 7.11 Å². The van der Waals surface area contributed by atoms with Gasteiger partial charge in [-0.25, -0.2) is 0 Å². The van der Waals surface area contributed by atoms with E-state index in [9.17, 15) is 0 Å². The zero-order valence-corrected chi connectivity index (χ0v) is 12.7. The van der Waals surface area contributed by atoms with Crippen molar-refractivity contribution in [3.8, 4) is 5.75 Å². The van der Waals surface area contributed by atoms with Gasteiger partial charge in [-0.2, -0.15) is 0 Å². The number of aryl methyl sites for hydroxylation is 1. The average molecular weight is 284 g/mol. The number of aromatic nitrogens is 1. The van der Waals surface area contributed by atoms with Gasteiger partial charge in [-0.05, 0) is 38.5 Å². The summed E-state index contributed by atoms with van der Waals surface area (Å²) in [5.74, 6) is 1.61. The molecule has 1 aromatic heterocycles. The number of pyridine rings is 1. The lowest BCUT2D eigenvalue weighted by Crippen LogP contribution is -2.34. The van der Waals surface area contributed by atoms with E-state index in [1.807, 2.05) is 13.1 Å². The fourth-order valence-electron chi connectivity index (χ4n) is 2.77. The molecular weight excluding hydrogens is 262 g/mol. The smallest absolute Gasteiger partial charge is 0.128 e. The van der Waals surface area contributed by atoms with E-state index in [0.717, 1.165) is 55.0 Å². The minimum Gasteiger partial charge on any atom is -0.496 e. The molecular formula is C15H22ClNO2. The molecule has 0 radical (unpaired) electrons. The molecule has 0 aromatic carbocycles. The van der Waals surface area contributed by atoms with Gasteiger partial charge in [0.25, 0.3) is 0 Å². The Kier molecular flexibility index (Phi) is 4.69. The van der Waals surface area contributed by atoms with Gasteiger partial charge in [-0.1, -0.05) is 0 Å². The summed E-state index contributed by atoms with van der Waals surface area (Å²) in [5, 5.41) is 0. The average Bonchev–Trinajstić information content (AvgIpc) is 2.44. The molecule has 0 unspecified atom stereocenters. The number of hydrogen-bond donors (Lipinski definition) is 0. The Labute approximate surface area is 120 Å². The number of nitrogens with zero attached hydrogens (tertiary/aromatic N) is 1. The predicted octanol–water partition coefficient (Wildman–Crippen LogP) is 3.29. The first-order valence-corrected chi connectivity index (χ1v) is 7.28. The van der Waals surface area contributed by atoms with Crippen LogP contribution in [0.1, 0.15) is 29.7 Å². The van der Waals surface area contributed by atoms with Crippen LogP contribution in [0.15, 0.2) is 6.20 Å². The summed E-state index contributed by atoms with van der Waals surface area (Å²) in [4.78, 5) is 4.59. The summed E-state index contributed by atoms with van der Waals surface area (Å²) in [6.07, 6.45) is 4.81. The molecule has 2 heterocycles. The molecule has 19 heavy (non-hydrogen) atoms. The summed E-state index contributed by atoms with van der Waals surface area (Å²) in [6.45, 7) is 5.70. The van der Waals surface area contributed by atoms with Crippen molar-refractivity contribution in [2.24, 2.45) is 5.41 Å². The molecule has 1 aromatic rings. The van der Waals surface area contributed by atoms with Crippen molar-refractivity contribution in [2.75, 3.05) is 26.2 Å². The molecule has 1 fully saturated rings. The van der Waals surface area contributed by atoms with Gasteiger partial charge >= 0.3 is 0 Å². The molecule has 0 atom stereocenters. The van der Waals surface area contributed by atoms with E-state index in [-0.39, 0.29) is 5.41 Å². The Morgan fingerprint density at radius 1 is 1.37 bits per heavy atom. The zero-order chi connectivity index (χ0) is 13.9. The maximum atomic E-state index is 6.23. The van der Waals surface area contributed by atoms with Crippen LogP contribution in [-0.2, 0) is 11.2 Å². The van der Waals surface area contributed by atoms with E-state index in [0.29, 0.717) is 5.88 Å². The van der Waals surface area contributed by atoms with Crippen LogP contribution in [-0.4, -0.2) is 31.2 Å². The van der Waals surface area contributed by atoms with Crippen LogP contribution in [0.3, 0.4) is 0 Å². The normalized spacial score (nSPS) is 18.3. The number of ether oxygens (including phenoxy) is 2. The van der Waals surface area contributed by atoms with Crippen molar-refractivity contribution < 1.29 is 9.47 Å². The standard InChI is InChI=1S/C15H22ClNO2/c1-11-9-17-13(12(2)14(11)18-3)8-15(10-16)4-6-19-7-5-15/h9H,4-8,10H2,1-3H3. The topological polar surface area (TPSA) is 31.4 Å². The molecule has 3 nitrogen and oxygen atoms in total. The van der Waals surface area contributed by atoms with Crippen LogP contribution in [0.2, 0.25) is 0 Å². The summed E-state index contributed by atoms with van der Waals surface area (Å²) < 4.78 is 10.9. The molecule has 1 aliphatic rings. The van der Waals surface area contributed by atoms with Crippen molar-refractivity contribution in [2.45, 2.75) is 33.1 Å². The molecule has 0 bridgehead atoms. The van der Waals surface area contributed by atoms with Crippen molar-refractivity contribution in [3.63, 3.8) is 0 Å². The third-order valence-corrected chi connectivity index (χ3v) is 4.70. The minimum absolute atomic E-state index is 0.123. The summed E-state index contributed by atoms with van der Waals surface area (Å²) in [6, 6.07) is 0. The predicted molar refractivity (Wildman–Crippen MR) is 77.2 cm³/mol. The Hall–Kier alpha value is -0.800. The lowest BCUT2D eigenvalue weighted by molar-refractivity contribution is 0.0252. The summed E-state index contributed by atoms with van der Waals surface area (Å²) in [7, 11) is 1.71. The number of hydrogen-bond acceptors (Lipinski definition) is 3. The SMILES string of the molecule is COc1c(C)cnc(CC2(CCl)CCOCC2)c1C. The van der Waals surface area contributed by atoms with Gasteiger partial charge in [0, 0.05) is 42.1 Å². The molecule has 4 heteroatoms. The molecule has 106 valence electrons. The van der Waals surface area contributed by atoms with E-state index in [2.05, 4.69) is 11.9 Å². The van der Waals surface area contributed by atoms with Crippen LogP contribution in [0.25, 0.3) is 0 Å². The van der Waals surface area contributed by atoms with E-state index in [4.69, 9.17) is 21.1 Å². The van der Waals surface area contributed by atoms with Crippen LogP contribution < -0.4 is 4.74 Å². The van der Waals surface area contributed by atoms with Crippen LogP contribution in [0.4, 0.5) is 0 Å². The van der Waals surface area contributed by atoms with E-state index in [1.165, 1.54) is 0 Å². The first kappa shape index (κ1) is 14.6. The Morgan fingerprint density at radius 2 is 2.05 bits per heavy atom. The Balaban J connectivity index is 2.27. The summed E-state index contributed by atoms with van der Waals surface area (Å²) >= 11 is 6.23. The lowest BCUT2D eigenvalue weighted by atomic mass is 9.77. The third-order valence-electron chi connectivity index (χ3n) is 4.13. The highest BCUT2D eigenvalue weighted by Gasteiger charge is 2.33. The van der Waals surface area contributed by atoms with E-state index >= 15 is 0 Å². The van der Waals surface area contributed by atoms with Gasteiger partial charge < -0.3 is 9.47 Å². The number of halogens is 1. The lowest BCUT2D eigenvalue weighted by Gasteiger charge is -2.35. The molecule has 0 amide bonds. The van der Waals surface area contributed by atoms with Crippen molar-refractivity contribution in [1.82, 2.24) is 4.98 Å². The third kappa shape index (κ3) is 3.03. The molecule has 0 saturated carbocycles. The van der Waals surface area contributed by atoms with Gasteiger partial charge in [-0.3, -0.25) is 4.98 Å². The van der Waals surface area contributed by atoms with E-state index < -0.39 is 0 Å². The molecule has 2 rings (SSSR count). The molecule has 0 N–H and O–H groups in total. The summed E-state index contributed by atoms with van der Waals surface area (Å²) in [5.41, 5.74) is 3.44. The largest absolute Gasteiger partial charge is 0.496 e. The highest BCUT2D eigenvalue weighted by molar-refractivity contribution is 6.18. The molecule has 1 saturated heterocycles. The Morgan fingerprint density at radius 3 is 2.63 bits per heavy atom. The maximum Gasteiger partial charge on any atom is 0.128 e. The second kappa shape index (κ2) is 6.10. The first-order chi connectivity index (χ1) is 9.12. The highest BCUT2D eigenvalue weighted by Crippen LogP contribution is 2.37. The molecule has 0 aliphatic carbocycles. The van der Waals surface area contributed by atoms with Crippen molar-refractivity contribution in [1.29, 1.82) is 0 Å².